The van der Waals surface area contributed by atoms with Gasteiger partial charge in [0.05, 0.1) is 0 Å². The molecule has 5 nitrogen and oxygen atoms in total. The summed E-state index contributed by atoms with van der Waals surface area (Å²) in [5.41, 5.74) is 5.43. The van der Waals surface area contributed by atoms with Crippen LogP contribution < -0.4 is 11.1 Å². The van der Waals surface area contributed by atoms with Crippen molar-refractivity contribution in [3.8, 4) is 0 Å². The lowest BCUT2D eigenvalue weighted by atomic mass is 10.1. The summed E-state index contributed by atoms with van der Waals surface area (Å²) < 4.78 is 0. The minimum absolute atomic E-state index is 0.0985. The van der Waals surface area contributed by atoms with Gasteiger partial charge in [0.25, 0.3) is 0 Å². The van der Waals surface area contributed by atoms with E-state index in [-0.39, 0.29) is 5.91 Å². The molecule has 1 atom stereocenters. The van der Waals surface area contributed by atoms with E-state index >= 15 is 0 Å². The highest BCUT2D eigenvalue weighted by molar-refractivity contribution is 5.75. The maximum absolute atomic E-state index is 11.7. The lowest BCUT2D eigenvalue weighted by Gasteiger charge is -2.07. The summed E-state index contributed by atoms with van der Waals surface area (Å²) in [6, 6.07) is -0.791. The molecule has 0 spiro atoms. The highest BCUT2D eigenvalue weighted by atomic mass is 16.4. The summed E-state index contributed by atoms with van der Waals surface area (Å²) in [6.07, 6.45) is 22.1. The third-order valence-electron chi connectivity index (χ3n) is 5.00. The van der Waals surface area contributed by atoms with Gasteiger partial charge < -0.3 is 16.2 Å². The van der Waals surface area contributed by atoms with Crippen LogP contribution in [0, 0.1) is 0 Å². The Bertz CT molecular complexity index is 411. The minimum Gasteiger partial charge on any atom is -0.480 e. The SMILES string of the molecule is CCCCCCCC/C=C/CCCCCCC(=O)NCCCC[C@H](N)C(=O)O. The normalized spacial score (nSPS) is 12.4. The van der Waals surface area contributed by atoms with Crippen molar-refractivity contribution in [1.29, 1.82) is 0 Å². The summed E-state index contributed by atoms with van der Waals surface area (Å²) in [6.45, 7) is 2.86. The molecule has 0 radical (unpaired) electrons. The molecule has 164 valence electrons. The number of carboxylic acids is 1. The van der Waals surface area contributed by atoms with Crippen LogP contribution in [-0.4, -0.2) is 29.6 Å². The van der Waals surface area contributed by atoms with Gasteiger partial charge in [-0.2, -0.15) is 0 Å². The second-order valence-corrected chi connectivity index (χ2v) is 7.77. The Morgan fingerprint density at radius 2 is 1.43 bits per heavy atom. The Labute approximate surface area is 172 Å². The molecule has 0 aromatic rings. The van der Waals surface area contributed by atoms with Crippen LogP contribution in [0.5, 0.6) is 0 Å². The Kier molecular flexibility index (Phi) is 19.4. The zero-order valence-electron chi connectivity index (χ0n) is 18.1. The van der Waals surface area contributed by atoms with Crippen molar-refractivity contribution in [3.05, 3.63) is 12.2 Å². The first kappa shape index (κ1) is 26.6. The van der Waals surface area contributed by atoms with E-state index in [2.05, 4.69) is 24.4 Å². The van der Waals surface area contributed by atoms with Crippen LogP contribution >= 0.6 is 0 Å². The van der Waals surface area contributed by atoms with Gasteiger partial charge in [0.15, 0.2) is 0 Å². The number of hydrogen-bond donors (Lipinski definition) is 3. The number of allylic oxidation sites excluding steroid dienone is 2. The molecule has 0 heterocycles. The summed E-state index contributed by atoms with van der Waals surface area (Å²) in [5.74, 6) is -0.862. The predicted octanol–water partition coefficient (Wildman–Crippen LogP) is 5.33. The van der Waals surface area contributed by atoms with E-state index < -0.39 is 12.0 Å². The van der Waals surface area contributed by atoms with Gasteiger partial charge >= 0.3 is 5.97 Å². The Hall–Kier alpha value is -1.36. The number of hydrogen-bond acceptors (Lipinski definition) is 3. The van der Waals surface area contributed by atoms with Gasteiger partial charge in [-0.15, -0.1) is 0 Å². The molecular weight excluding hydrogens is 352 g/mol. The summed E-state index contributed by atoms with van der Waals surface area (Å²) >= 11 is 0. The molecule has 0 unspecified atom stereocenters. The Balaban J connectivity index is 3.29. The first-order chi connectivity index (χ1) is 13.6. The van der Waals surface area contributed by atoms with Crippen molar-refractivity contribution in [3.63, 3.8) is 0 Å². The maximum Gasteiger partial charge on any atom is 0.320 e. The highest BCUT2D eigenvalue weighted by Crippen LogP contribution is 2.09. The van der Waals surface area contributed by atoms with Crippen molar-refractivity contribution < 1.29 is 14.7 Å². The number of rotatable bonds is 20. The van der Waals surface area contributed by atoms with Crippen LogP contribution in [0.1, 0.15) is 110 Å². The van der Waals surface area contributed by atoms with Gasteiger partial charge in [-0.3, -0.25) is 9.59 Å². The molecule has 0 fully saturated rings. The van der Waals surface area contributed by atoms with Crippen molar-refractivity contribution in [2.75, 3.05) is 6.54 Å². The molecule has 5 heteroatoms. The average molecular weight is 397 g/mol. The number of unbranched alkanes of at least 4 members (excludes halogenated alkanes) is 11. The van der Waals surface area contributed by atoms with Crippen LogP contribution in [0.4, 0.5) is 0 Å². The molecular formula is C23H44N2O3. The first-order valence-electron chi connectivity index (χ1n) is 11.5. The van der Waals surface area contributed by atoms with E-state index in [1.54, 1.807) is 0 Å². The van der Waals surface area contributed by atoms with Crippen molar-refractivity contribution in [1.82, 2.24) is 5.32 Å². The zero-order valence-corrected chi connectivity index (χ0v) is 18.1. The predicted molar refractivity (Wildman–Crippen MR) is 117 cm³/mol. The molecule has 0 bridgehead atoms. The van der Waals surface area contributed by atoms with Crippen molar-refractivity contribution in [2.45, 2.75) is 116 Å². The topological polar surface area (TPSA) is 92.4 Å². The molecule has 0 aromatic heterocycles. The average Bonchev–Trinajstić information content (AvgIpc) is 2.67. The summed E-state index contributed by atoms with van der Waals surface area (Å²) in [4.78, 5) is 22.3. The van der Waals surface area contributed by atoms with Gasteiger partial charge in [0.2, 0.25) is 5.91 Å². The molecule has 28 heavy (non-hydrogen) atoms. The molecule has 0 aliphatic rings. The lowest BCUT2D eigenvalue weighted by molar-refractivity contribution is -0.138. The van der Waals surface area contributed by atoms with Crippen LogP contribution in [0.3, 0.4) is 0 Å². The molecule has 1 amide bonds. The summed E-state index contributed by atoms with van der Waals surface area (Å²) in [7, 11) is 0. The first-order valence-corrected chi connectivity index (χ1v) is 11.5. The monoisotopic (exact) mass is 396 g/mol. The van der Waals surface area contributed by atoms with E-state index in [0.717, 1.165) is 32.1 Å². The van der Waals surface area contributed by atoms with Crippen LogP contribution in [-0.2, 0) is 9.59 Å². The van der Waals surface area contributed by atoms with Crippen LogP contribution in [0.2, 0.25) is 0 Å². The smallest absolute Gasteiger partial charge is 0.320 e. The maximum atomic E-state index is 11.7. The van der Waals surface area contributed by atoms with Crippen molar-refractivity contribution in [2.24, 2.45) is 5.73 Å². The van der Waals surface area contributed by atoms with Gasteiger partial charge in [0, 0.05) is 13.0 Å². The number of carbonyl (C=O) groups excluding carboxylic acids is 1. The molecule has 0 rings (SSSR count). The molecule has 0 aliphatic carbocycles. The molecule has 0 saturated heterocycles. The molecule has 0 aromatic carbocycles. The number of carboxylic acid groups (broad SMARTS) is 1. The van der Waals surface area contributed by atoms with Gasteiger partial charge in [-0.1, -0.05) is 64.0 Å². The van der Waals surface area contributed by atoms with E-state index in [4.69, 9.17) is 10.8 Å². The molecule has 0 aliphatic heterocycles. The largest absolute Gasteiger partial charge is 0.480 e. The third kappa shape index (κ3) is 19.4. The van der Waals surface area contributed by atoms with Crippen molar-refractivity contribution >= 4 is 11.9 Å². The number of nitrogens with one attached hydrogen (secondary N) is 1. The molecule has 0 saturated carbocycles. The van der Waals surface area contributed by atoms with Gasteiger partial charge in [-0.05, 0) is 51.4 Å². The Morgan fingerprint density at radius 3 is 2.04 bits per heavy atom. The summed E-state index contributed by atoms with van der Waals surface area (Å²) in [5, 5.41) is 11.6. The fourth-order valence-corrected chi connectivity index (χ4v) is 3.11. The fourth-order valence-electron chi connectivity index (χ4n) is 3.11. The van der Waals surface area contributed by atoms with Gasteiger partial charge in [0.1, 0.15) is 6.04 Å². The fraction of sp³-hybridized carbons (Fsp3) is 0.826. The van der Waals surface area contributed by atoms with E-state index in [1.165, 1.54) is 57.8 Å². The third-order valence-corrected chi connectivity index (χ3v) is 5.00. The van der Waals surface area contributed by atoms with E-state index in [9.17, 15) is 9.59 Å². The Morgan fingerprint density at radius 1 is 0.857 bits per heavy atom. The van der Waals surface area contributed by atoms with Gasteiger partial charge in [-0.25, -0.2) is 0 Å². The standard InChI is InChI=1S/C23H44N2O3/c1-2-3-4-5-6-7-8-9-10-11-12-13-14-15-19-22(26)25-20-17-16-18-21(24)23(27)28/h9-10,21H,2-8,11-20,24H2,1H3,(H,25,26)(H,27,28)/b10-9+/t21-/m0/s1. The highest BCUT2D eigenvalue weighted by Gasteiger charge is 2.10. The lowest BCUT2D eigenvalue weighted by Crippen LogP contribution is -2.30. The van der Waals surface area contributed by atoms with Crippen LogP contribution in [0.15, 0.2) is 12.2 Å². The zero-order chi connectivity index (χ0) is 20.9. The van der Waals surface area contributed by atoms with E-state index in [1.807, 2.05) is 0 Å². The number of aliphatic carboxylic acids is 1. The quantitative estimate of drug-likeness (QED) is 0.191. The number of nitrogens with two attached hydrogens (primary N) is 1. The second kappa shape index (κ2) is 20.4. The number of carbonyl (C=O) groups is 2. The van der Waals surface area contributed by atoms with E-state index in [0.29, 0.717) is 19.4 Å². The molecule has 4 N–H and O–H groups in total. The van der Waals surface area contributed by atoms with Crippen LogP contribution in [0.25, 0.3) is 0 Å². The minimum atomic E-state index is -0.961. The second-order valence-electron chi connectivity index (χ2n) is 7.77. The number of amides is 1.